The minimum Gasteiger partial charge on any atom is -0.386 e. The van der Waals surface area contributed by atoms with E-state index in [1.807, 2.05) is 18.2 Å². The number of hydrogen-bond donors (Lipinski definition) is 2. The number of imidazole rings is 1. The number of fused-ring (bicyclic) bond motifs is 1. The smallest absolute Gasteiger partial charge is 0.270 e. The highest BCUT2D eigenvalue weighted by Crippen LogP contribution is 2.26. The fourth-order valence-electron chi connectivity index (χ4n) is 1.99. The molecule has 0 fully saturated rings. The van der Waals surface area contributed by atoms with Gasteiger partial charge < -0.3 is 10.4 Å². The van der Waals surface area contributed by atoms with Crippen molar-refractivity contribution in [2.75, 3.05) is 6.54 Å². The van der Waals surface area contributed by atoms with Crippen LogP contribution >= 0.6 is 22.9 Å². The van der Waals surface area contributed by atoms with E-state index >= 15 is 0 Å². The summed E-state index contributed by atoms with van der Waals surface area (Å²) in [6, 6.07) is 8.97. The van der Waals surface area contributed by atoms with Crippen LogP contribution in [0.3, 0.4) is 0 Å². The number of aromatic nitrogens is 2. The Bertz CT molecular complexity index is 783. The quantitative estimate of drug-likeness (QED) is 0.776. The number of aliphatic hydroxyl groups excluding tert-OH is 1. The Balaban J connectivity index is 1.69. The Hall–Kier alpha value is -1.89. The van der Waals surface area contributed by atoms with E-state index in [4.69, 9.17) is 11.6 Å². The van der Waals surface area contributed by atoms with E-state index in [-0.39, 0.29) is 12.5 Å². The summed E-state index contributed by atoms with van der Waals surface area (Å²) in [5, 5.41) is 12.7. The minimum atomic E-state index is -0.773. The standard InChI is InChI=1S/C14H12ClN3O2S/c15-12-5-4-11(21-12)10(19)8-17-14(20)9-7-16-13-3-1-2-6-18(9)13/h1-7,10,19H,8H2,(H,17,20). The first-order chi connectivity index (χ1) is 10.1. The lowest BCUT2D eigenvalue weighted by Gasteiger charge is -2.10. The Morgan fingerprint density at radius 2 is 2.29 bits per heavy atom. The summed E-state index contributed by atoms with van der Waals surface area (Å²) in [6.45, 7) is 0.121. The Morgan fingerprint density at radius 1 is 1.43 bits per heavy atom. The highest BCUT2D eigenvalue weighted by molar-refractivity contribution is 7.16. The van der Waals surface area contributed by atoms with E-state index in [0.717, 1.165) is 4.88 Å². The third-order valence-electron chi connectivity index (χ3n) is 3.03. The molecule has 0 saturated heterocycles. The van der Waals surface area contributed by atoms with Gasteiger partial charge in [-0.2, -0.15) is 0 Å². The zero-order valence-corrected chi connectivity index (χ0v) is 12.4. The van der Waals surface area contributed by atoms with Gasteiger partial charge in [-0.3, -0.25) is 9.20 Å². The molecular weight excluding hydrogens is 310 g/mol. The second-order valence-corrected chi connectivity index (χ2v) is 6.19. The van der Waals surface area contributed by atoms with Crippen LogP contribution in [0.25, 0.3) is 5.65 Å². The van der Waals surface area contributed by atoms with Crippen molar-refractivity contribution in [3.63, 3.8) is 0 Å². The van der Waals surface area contributed by atoms with Crippen LogP contribution in [-0.4, -0.2) is 26.9 Å². The van der Waals surface area contributed by atoms with Crippen LogP contribution in [0.15, 0.2) is 42.7 Å². The topological polar surface area (TPSA) is 66.6 Å². The number of carbonyl (C=O) groups is 1. The van der Waals surface area contributed by atoms with Gasteiger partial charge in [-0.05, 0) is 24.3 Å². The summed E-state index contributed by atoms with van der Waals surface area (Å²) >= 11 is 7.12. The van der Waals surface area contributed by atoms with Gasteiger partial charge in [-0.1, -0.05) is 17.7 Å². The summed E-state index contributed by atoms with van der Waals surface area (Å²) < 4.78 is 2.31. The molecule has 3 heterocycles. The second-order valence-electron chi connectivity index (χ2n) is 4.44. The molecule has 0 aliphatic rings. The number of aliphatic hydroxyl groups is 1. The molecule has 5 nitrogen and oxygen atoms in total. The molecule has 0 spiro atoms. The van der Waals surface area contributed by atoms with E-state index in [2.05, 4.69) is 10.3 Å². The molecule has 0 saturated carbocycles. The Kier molecular flexibility index (Phi) is 3.92. The van der Waals surface area contributed by atoms with E-state index in [9.17, 15) is 9.90 Å². The number of hydrogen-bond acceptors (Lipinski definition) is 4. The molecule has 0 aromatic carbocycles. The van der Waals surface area contributed by atoms with Gasteiger partial charge in [0, 0.05) is 17.6 Å². The second kappa shape index (κ2) is 5.85. The lowest BCUT2D eigenvalue weighted by Crippen LogP contribution is -2.29. The largest absolute Gasteiger partial charge is 0.386 e. The molecule has 3 aromatic heterocycles. The van der Waals surface area contributed by atoms with E-state index in [1.54, 1.807) is 22.7 Å². The molecule has 0 bridgehead atoms. The highest BCUT2D eigenvalue weighted by Gasteiger charge is 2.15. The predicted molar refractivity (Wildman–Crippen MR) is 81.8 cm³/mol. The SMILES string of the molecule is O=C(NCC(O)c1ccc(Cl)s1)c1cnc2ccccn12. The van der Waals surface area contributed by atoms with Gasteiger partial charge in [0.2, 0.25) is 0 Å². The van der Waals surface area contributed by atoms with Crippen molar-refractivity contribution < 1.29 is 9.90 Å². The van der Waals surface area contributed by atoms with Gasteiger partial charge in [0.25, 0.3) is 5.91 Å². The van der Waals surface area contributed by atoms with Gasteiger partial charge in [0.05, 0.1) is 10.5 Å². The first-order valence-electron chi connectivity index (χ1n) is 6.29. The number of halogens is 1. The van der Waals surface area contributed by atoms with Crippen molar-refractivity contribution >= 4 is 34.5 Å². The first-order valence-corrected chi connectivity index (χ1v) is 7.48. The lowest BCUT2D eigenvalue weighted by molar-refractivity contribution is 0.0912. The molecule has 7 heteroatoms. The van der Waals surface area contributed by atoms with Crippen LogP contribution in [0, 0.1) is 0 Å². The van der Waals surface area contributed by atoms with Crippen LogP contribution in [0.2, 0.25) is 4.34 Å². The van der Waals surface area contributed by atoms with Gasteiger partial charge in [0.1, 0.15) is 17.4 Å². The summed E-state index contributed by atoms with van der Waals surface area (Å²) in [4.78, 5) is 17.0. The molecule has 3 aromatic rings. The van der Waals surface area contributed by atoms with Crippen LogP contribution in [0.5, 0.6) is 0 Å². The molecule has 1 atom stereocenters. The van der Waals surface area contributed by atoms with Crippen molar-refractivity contribution in [2.45, 2.75) is 6.10 Å². The summed E-state index contributed by atoms with van der Waals surface area (Å²) in [5.41, 5.74) is 1.13. The third kappa shape index (κ3) is 2.92. The number of rotatable bonds is 4. The fraction of sp³-hybridized carbons (Fsp3) is 0.143. The molecule has 21 heavy (non-hydrogen) atoms. The molecule has 2 N–H and O–H groups in total. The Morgan fingerprint density at radius 3 is 3.05 bits per heavy atom. The molecule has 1 amide bonds. The van der Waals surface area contributed by atoms with Crippen molar-refractivity contribution in [2.24, 2.45) is 0 Å². The number of nitrogens with zero attached hydrogens (tertiary/aromatic N) is 2. The van der Waals surface area contributed by atoms with Crippen molar-refractivity contribution in [3.8, 4) is 0 Å². The summed E-state index contributed by atoms with van der Waals surface area (Å²) in [5.74, 6) is -0.282. The highest BCUT2D eigenvalue weighted by atomic mass is 35.5. The van der Waals surface area contributed by atoms with Gasteiger partial charge in [-0.15, -0.1) is 11.3 Å². The van der Waals surface area contributed by atoms with Crippen molar-refractivity contribution in [1.82, 2.24) is 14.7 Å². The average Bonchev–Trinajstić information content (AvgIpc) is 3.10. The molecule has 3 rings (SSSR count). The monoisotopic (exact) mass is 321 g/mol. The van der Waals surface area contributed by atoms with Crippen LogP contribution < -0.4 is 5.32 Å². The molecule has 0 aliphatic heterocycles. The van der Waals surface area contributed by atoms with E-state index in [1.165, 1.54) is 17.5 Å². The zero-order chi connectivity index (χ0) is 14.8. The lowest BCUT2D eigenvalue weighted by atomic mass is 10.3. The van der Waals surface area contributed by atoms with Crippen LogP contribution in [-0.2, 0) is 0 Å². The van der Waals surface area contributed by atoms with Gasteiger partial charge in [-0.25, -0.2) is 4.98 Å². The normalized spacial score (nSPS) is 12.5. The maximum atomic E-state index is 12.2. The summed E-state index contributed by atoms with van der Waals surface area (Å²) in [7, 11) is 0. The van der Waals surface area contributed by atoms with Crippen LogP contribution in [0.4, 0.5) is 0 Å². The number of nitrogens with one attached hydrogen (secondary N) is 1. The van der Waals surface area contributed by atoms with Crippen molar-refractivity contribution in [1.29, 1.82) is 0 Å². The fourth-order valence-corrected chi connectivity index (χ4v) is 3.04. The number of thiophene rings is 1. The third-order valence-corrected chi connectivity index (χ3v) is 4.36. The Labute approximate surface area is 129 Å². The van der Waals surface area contributed by atoms with Gasteiger partial charge >= 0.3 is 0 Å². The van der Waals surface area contributed by atoms with Gasteiger partial charge in [0.15, 0.2) is 0 Å². The van der Waals surface area contributed by atoms with Crippen LogP contribution in [0.1, 0.15) is 21.5 Å². The minimum absolute atomic E-state index is 0.121. The maximum absolute atomic E-state index is 12.2. The molecule has 0 aliphatic carbocycles. The maximum Gasteiger partial charge on any atom is 0.270 e. The number of carbonyl (C=O) groups excluding carboxylic acids is 1. The summed E-state index contributed by atoms with van der Waals surface area (Å²) in [6.07, 6.45) is 2.51. The molecule has 1 unspecified atom stereocenters. The molecule has 0 radical (unpaired) electrons. The number of pyridine rings is 1. The zero-order valence-electron chi connectivity index (χ0n) is 10.9. The van der Waals surface area contributed by atoms with E-state index in [0.29, 0.717) is 15.7 Å². The predicted octanol–water partition coefficient (Wildman–Crippen LogP) is 2.51. The average molecular weight is 322 g/mol. The molecule has 108 valence electrons. The molecular formula is C14H12ClN3O2S. The first kappa shape index (κ1) is 14.1. The van der Waals surface area contributed by atoms with E-state index < -0.39 is 6.10 Å². The van der Waals surface area contributed by atoms with Crippen molar-refractivity contribution in [3.05, 3.63) is 57.6 Å². The number of amides is 1.